The molecule has 0 bridgehead atoms. The highest BCUT2D eigenvalue weighted by Gasteiger charge is 2.10. The van der Waals surface area contributed by atoms with Gasteiger partial charge in [0.2, 0.25) is 0 Å². The molecule has 0 aliphatic heterocycles. The van der Waals surface area contributed by atoms with Crippen molar-refractivity contribution in [3.63, 3.8) is 0 Å². The second-order valence-electron chi connectivity index (χ2n) is 3.01. The number of imidazole rings is 1. The number of aromatic nitrogens is 2. The number of pyridine rings is 1. The van der Waals surface area contributed by atoms with Gasteiger partial charge in [-0.15, -0.1) is 0 Å². The van der Waals surface area contributed by atoms with Gasteiger partial charge in [-0.2, -0.15) is 0 Å². The lowest BCUT2D eigenvalue weighted by Crippen LogP contribution is -2.13. The van der Waals surface area contributed by atoms with Gasteiger partial charge < -0.3 is 10.8 Å². The lowest BCUT2D eigenvalue weighted by Gasteiger charge is -2.06. The zero-order chi connectivity index (χ0) is 10.1. The predicted molar refractivity (Wildman–Crippen MR) is 54.2 cm³/mol. The Bertz CT molecular complexity index is 454. The predicted octanol–water partition coefficient (Wildman–Crippen LogP) is 0.980. The fourth-order valence-electron chi connectivity index (χ4n) is 1.34. The van der Waals surface area contributed by atoms with Crippen molar-refractivity contribution >= 4 is 17.2 Å². The average Bonchev–Trinajstić information content (AvgIpc) is 2.59. The van der Waals surface area contributed by atoms with Gasteiger partial charge in [0.1, 0.15) is 11.8 Å². The largest absolute Gasteiger partial charge is 0.385 e. The molecule has 2 aromatic rings. The maximum absolute atomic E-state index is 9.58. The highest BCUT2D eigenvalue weighted by atomic mass is 35.5. The maximum Gasteiger partial charge on any atom is 0.137 e. The van der Waals surface area contributed by atoms with Crippen molar-refractivity contribution in [1.82, 2.24) is 9.38 Å². The summed E-state index contributed by atoms with van der Waals surface area (Å²) < 4.78 is 1.74. The molecule has 2 heterocycles. The molecule has 1 atom stereocenters. The van der Waals surface area contributed by atoms with Crippen molar-refractivity contribution in [3.05, 3.63) is 35.2 Å². The molecule has 4 nitrogen and oxygen atoms in total. The molecular formula is C9H10ClN3O. The van der Waals surface area contributed by atoms with E-state index in [9.17, 15) is 5.11 Å². The zero-order valence-corrected chi connectivity index (χ0v) is 8.15. The number of aliphatic hydroxyl groups is 1. The van der Waals surface area contributed by atoms with Crippen LogP contribution in [-0.4, -0.2) is 21.0 Å². The minimum absolute atomic E-state index is 0.167. The number of rotatable bonds is 2. The van der Waals surface area contributed by atoms with Crippen molar-refractivity contribution in [2.45, 2.75) is 6.10 Å². The van der Waals surface area contributed by atoms with Crippen molar-refractivity contribution in [3.8, 4) is 0 Å². The summed E-state index contributed by atoms with van der Waals surface area (Å²) in [7, 11) is 0. The van der Waals surface area contributed by atoms with Gasteiger partial charge in [-0.3, -0.25) is 4.40 Å². The van der Waals surface area contributed by atoms with Gasteiger partial charge in [0.25, 0.3) is 0 Å². The summed E-state index contributed by atoms with van der Waals surface area (Å²) in [5.74, 6) is 0. The number of hydrogen-bond donors (Lipinski definition) is 2. The van der Waals surface area contributed by atoms with E-state index in [1.807, 2.05) is 0 Å². The van der Waals surface area contributed by atoms with Crippen LogP contribution in [0, 0.1) is 0 Å². The van der Waals surface area contributed by atoms with E-state index >= 15 is 0 Å². The van der Waals surface area contributed by atoms with E-state index in [0.717, 1.165) is 5.65 Å². The molecule has 0 aliphatic rings. The second-order valence-corrected chi connectivity index (χ2v) is 3.45. The number of nitrogens with two attached hydrogens (primary N) is 1. The molecule has 74 valence electrons. The van der Waals surface area contributed by atoms with Gasteiger partial charge in [-0.25, -0.2) is 4.98 Å². The van der Waals surface area contributed by atoms with Crippen LogP contribution in [0.1, 0.15) is 11.8 Å². The van der Waals surface area contributed by atoms with E-state index in [-0.39, 0.29) is 6.54 Å². The van der Waals surface area contributed by atoms with Gasteiger partial charge in [-0.05, 0) is 12.1 Å². The molecule has 0 amide bonds. The van der Waals surface area contributed by atoms with E-state index in [0.29, 0.717) is 10.7 Å². The first-order valence-corrected chi connectivity index (χ1v) is 4.61. The molecule has 2 rings (SSSR count). The average molecular weight is 212 g/mol. The van der Waals surface area contributed by atoms with Crippen molar-refractivity contribution < 1.29 is 5.11 Å². The summed E-state index contributed by atoms with van der Waals surface area (Å²) in [4.78, 5) is 4.12. The lowest BCUT2D eigenvalue weighted by molar-refractivity contribution is 0.181. The molecule has 14 heavy (non-hydrogen) atoms. The van der Waals surface area contributed by atoms with E-state index in [1.165, 1.54) is 0 Å². The molecule has 0 aromatic carbocycles. The van der Waals surface area contributed by atoms with Gasteiger partial charge in [-0.1, -0.05) is 11.6 Å². The third-order valence-corrected chi connectivity index (χ3v) is 2.29. The molecular weight excluding hydrogens is 202 g/mol. The Hall–Kier alpha value is -1.10. The van der Waals surface area contributed by atoms with Gasteiger partial charge in [0, 0.05) is 12.7 Å². The molecule has 0 saturated carbocycles. The van der Waals surface area contributed by atoms with E-state index in [4.69, 9.17) is 17.3 Å². The van der Waals surface area contributed by atoms with Crippen LogP contribution in [0.2, 0.25) is 5.02 Å². The number of halogens is 1. The monoisotopic (exact) mass is 211 g/mol. The van der Waals surface area contributed by atoms with Gasteiger partial charge in [0.15, 0.2) is 0 Å². The van der Waals surface area contributed by atoms with Crippen molar-refractivity contribution in [2.75, 3.05) is 6.54 Å². The van der Waals surface area contributed by atoms with Crippen LogP contribution in [0.15, 0.2) is 24.5 Å². The topological polar surface area (TPSA) is 63.5 Å². The summed E-state index contributed by atoms with van der Waals surface area (Å²) in [5, 5.41) is 10.2. The Balaban J connectivity index is 2.61. The molecule has 0 spiro atoms. The Kier molecular flexibility index (Phi) is 2.41. The molecule has 5 heteroatoms. The number of aliphatic hydroxyl groups excluding tert-OH is 1. The Morgan fingerprint density at radius 1 is 1.57 bits per heavy atom. The molecule has 1 unspecified atom stereocenters. The van der Waals surface area contributed by atoms with Crippen molar-refractivity contribution in [1.29, 1.82) is 0 Å². The SMILES string of the molecule is NCC(O)c1cnc2ccc(Cl)cn12. The highest BCUT2D eigenvalue weighted by molar-refractivity contribution is 6.30. The van der Waals surface area contributed by atoms with Crippen LogP contribution in [0.3, 0.4) is 0 Å². The van der Waals surface area contributed by atoms with Crippen LogP contribution in [0.25, 0.3) is 5.65 Å². The Morgan fingerprint density at radius 2 is 2.36 bits per heavy atom. The van der Waals surface area contributed by atoms with Crippen LogP contribution >= 0.6 is 11.6 Å². The molecule has 0 fully saturated rings. The number of nitrogens with zero attached hydrogens (tertiary/aromatic N) is 2. The molecule has 0 radical (unpaired) electrons. The Morgan fingerprint density at radius 3 is 3.07 bits per heavy atom. The first-order valence-electron chi connectivity index (χ1n) is 4.23. The van der Waals surface area contributed by atoms with Crippen LogP contribution < -0.4 is 5.73 Å². The summed E-state index contributed by atoms with van der Waals surface area (Å²) in [5.41, 5.74) is 6.77. The van der Waals surface area contributed by atoms with Crippen LogP contribution in [0.4, 0.5) is 0 Å². The minimum atomic E-state index is -0.705. The second kappa shape index (κ2) is 3.57. The quantitative estimate of drug-likeness (QED) is 0.779. The van der Waals surface area contributed by atoms with E-state index in [1.54, 1.807) is 28.9 Å². The molecule has 2 aromatic heterocycles. The highest BCUT2D eigenvalue weighted by Crippen LogP contribution is 2.17. The molecule has 3 N–H and O–H groups in total. The lowest BCUT2D eigenvalue weighted by atomic mass is 10.3. The fourth-order valence-corrected chi connectivity index (χ4v) is 1.50. The number of fused-ring (bicyclic) bond motifs is 1. The normalized spacial score (nSPS) is 13.4. The summed E-state index contributed by atoms with van der Waals surface area (Å²) in [6.45, 7) is 0.167. The Labute approximate surface area is 85.9 Å². The van der Waals surface area contributed by atoms with E-state index < -0.39 is 6.10 Å². The maximum atomic E-state index is 9.58. The number of hydrogen-bond acceptors (Lipinski definition) is 3. The fraction of sp³-hybridized carbons (Fsp3) is 0.222. The summed E-state index contributed by atoms with van der Waals surface area (Å²) in [6, 6.07) is 3.54. The third-order valence-electron chi connectivity index (χ3n) is 2.06. The van der Waals surface area contributed by atoms with Crippen LogP contribution in [-0.2, 0) is 0 Å². The standard InChI is InChI=1S/C9H10ClN3O/c10-6-1-2-9-12-4-7(8(14)3-11)13(9)5-6/h1-2,4-5,8,14H,3,11H2. The van der Waals surface area contributed by atoms with Gasteiger partial charge in [0.05, 0.1) is 16.9 Å². The molecule has 0 saturated heterocycles. The van der Waals surface area contributed by atoms with Crippen molar-refractivity contribution in [2.24, 2.45) is 5.73 Å². The van der Waals surface area contributed by atoms with Crippen LogP contribution in [0.5, 0.6) is 0 Å². The minimum Gasteiger partial charge on any atom is -0.385 e. The van der Waals surface area contributed by atoms with E-state index in [2.05, 4.69) is 4.98 Å². The van der Waals surface area contributed by atoms with Gasteiger partial charge >= 0.3 is 0 Å². The summed E-state index contributed by atoms with van der Waals surface area (Å²) >= 11 is 5.83. The third kappa shape index (κ3) is 1.48. The smallest absolute Gasteiger partial charge is 0.137 e. The first kappa shape index (κ1) is 9.45. The zero-order valence-electron chi connectivity index (χ0n) is 7.39. The first-order chi connectivity index (χ1) is 6.72. The molecule has 0 aliphatic carbocycles. The summed E-state index contributed by atoms with van der Waals surface area (Å²) in [6.07, 6.45) is 2.60.